The summed E-state index contributed by atoms with van der Waals surface area (Å²) in [6, 6.07) is 15.9. The number of hydrogen-bond acceptors (Lipinski definition) is 5. The lowest BCUT2D eigenvalue weighted by molar-refractivity contribution is 0.476. The van der Waals surface area contributed by atoms with Crippen molar-refractivity contribution >= 4 is 44.5 Å². The van der Waals surface area contributed by atoms with Crippen LogP contribution in [0.25, 0.3) is 23.1 Å². The summed E-state index contributed by atoms with van der Waals surface area (Å²) >= 11 is 0. The highest BCUT2D eigenvalue weighted by molar-refractivity contribution is 7.88. The van der Waals surface area contributed by atoms with Crippen molar-refractivity contribution in [3.05, 3.63) is 88.4 Å². The molecule has 2 aromatic heterocycles. The Balaban J connectivity index is 1.46. The van der Waals surface area contributed by atoms with E-state index in [0.717, 1.165) is 57.4 Å². The molecule has 1 saturated heterocycles. The number of aromatic nitrogens is 2. The largest absolute Gasteiger partial charge is 0.361 e. The molecule has 37 heavy (non-hydrogen) atoms. The Morgan fingerprint density at radius 3 is 2.73 bits per heavy atom. The van der Waals surface area contributed by atoms with Gasteiger partial charge in [0.2, 0.25) is 10.0 Å². The molecule has 2 aromatic carbocycles. The number of nitrogens with zero attached hydrogens (tertiary/aromatic N) is 3. The molecule has 0 spiro atoms. The van der Waals surface area contributed by atoms with Crippen molar-refractivity contribution < 1.29 is 8.42 Å². The second-order valence-corrected chi connectivity index (χ2v) is 11.4. The summed E-state index contributed by atoms with van der Waals surface area (Å²) in [6.07, 6.45) is 9.22. The van der Waals surface area contributed by atoms with Crippen molar-refractivity contribution in [2.45, 2.75) is 32.4 Å². The van der Waals surface area contributed by atoms with Crippen molar-refractivity contribution in [2.24, 2.45) is 0 Å². The quantitative estimate of drug-likeness (QED) is 0.322. The van der Waals surface area contributed by atoms with E-state index in [1.165, 1.54) is 0 Å². The number of sulfonamides is 1. The molecule has 1 aliphatic rings. The van der Waals surface area contributed by atoms with Crippen molar-refractivity contribution in [1.29, 1.82) is 5.26 Å². The van der Waals surface area contributed by atoms with Gasteiger partial charge in [0, 0.05) is 53.3 Å². The number of nitrogens with one attached hydrogen (secondary N) is 2. The van der Waals surface area contributed by atoms with Crippen LogP contribution in [0.2, 0.25) is 0 Å². The first-order valence-corrected chi connectivity index (χ1v) is 13.9. The van der Waals surface area contributed by atoms with E-state index in [1.54, 1.807) is 10.5 Å². The number of anilines is 2. The van der Waals surface area contributed by atoms with Gasteiger partial charge in [0.05, 0.1) is 17.0 Å². The average molecular weight is 512 g/mol. The molecule has 0 amide bonds. The van der Waals surface area contributed by atoms with Gasteiger partial charge in [-0.25, -0.2) is 12.7 Å². The Hall–Kier alpha value is -3.93. The molecular weight excluding hydrogens is 482 g/mol. The molecule has 0 bridgehead atoms. The minimum absolute atomic E-state index is 0.00705. The summed E-state index contributed by atoms with van der Waals surface area (Å²) in [5.74, 6) is -0.00705. The first kappa shape index (κ1) is 24.8. The maximum atomic E-state index is 12.8. The zero-order chi connectivity index (χ0) is 26.0. The van der Waals surface area contributed by atoms with Gasteiger partial charge in [0.1, 0.15) is 6.07 Å². The number of aromatic amines is 1. The number of H-pyrrole nitrogens is 1. The van der Waals surface area contributed by atoms with Gasteiger partial charge in [0.15, 0.2) is 0 Å². The zero-order valence-electron chi connectivity index (χ0n) is 21.0. The van der Waals surface area contributed by atoms with E-state index in [4.69, 9.17) is 0 Å². The first-order valence-electron chi connectivity index (χ1n) is 12.3. The van der Waals surface area contributed by atoms with E-state index in [2.05, 4.69) is 28.3 Å². The van der Waals surface area contributed by atoms with Gasteiger partial charge in [-0.2, -0.15) is 5.26 Å². The third-order valence-electron chi connectivity index (χ3n) is 6.90. The maximum absolute atomic E-state index is 12.8. The number of pyridine rings is 1. The highest BCUT2D eigenvalue weighted by atomic mass is 32.2. The predicted octanol–water partition coefficient (Wildman–Crippen LogP) is 5.89. The highest BCUT2D eigenvalue weighted by Gasteiger charge is 2.25. The van der Waals surface area contributed by atoms with Gasteiger partial charge >= 0.3 is 0 Å². The van der Waals surface area contributed by atoms with E-state index in [-0.39, 0.29) is 5.75 Å². The maximum Gasteiger partial charge on any atom is 0.218 e. The van der Waals surface area contributed by atoms with Gasteiger partial charge in [-0.1, -0.05) is 36.4 Å². The van der Waals surface area contributed by atoms with Gasteiger partial charge in [0.25, 0.3) is 0 Å². The Morgan fingerprint density at radius 1 is 1.14 bits per heavy atom. The summed E-state index contributed by atoms with van der Waals surface area (Å²) in [7, 11) is -3.32. The van der Waals surface area contributed by atoms with E-state index in [9.17, 15) is 13.7 Å². The second kappa shape index (κ2) is 10.2. The van der Waals surface area contributed by atoms with Crippen LogP contribution in [0.5, 0.6) is 0 Å². The highest BCUT2D eigenvalue weighted by Crippen LogP contribution is 2.32. The standard InChI is InChI=1S/C29H29N5O2S/c1-20-25-12-13-31-28(25)11-10-27(20)33-29-24(17-30)18-32-21(2)26(29)9-8-22-6-5-7-23(16-22)19-37(35,36)34-14-3-4-15-34/h5-13,16,18,31H,3-4,14-15,19H2,1-2H3,(H,32,33)/b9-8+. The summed E-state index contributed by atoms with van der Waals surface area (Å²) < 4.78 is 27.1. The van der Waals surface area contributed by atoms with Gasteiger partial charge in [-0.3, -0.25) is 4.98 Å². The lowest BCUT2D eigenvalue weighted by Gasteiger charge is -2.16. The molecule has 7 nitrogen and oxygen atoms in total. The topological polar surface area (TPSA) is 102 Å². The molecule has 0 saturated carbocycles. The number of rotatable bonds is 7. The summed E-state index contributed by atoms with van der Waals surface area (Å²) in [4.78, 5) is 7.66. The minimum atomic E-state index is -3.32. The Labute approximate surface area is 217 Å². The molecule has 188 valence electrons. The van der Waals surface area contributed by atoms with Crippen LogP contribution in [0.4, 0.5) is 11.4 Å². The molecule has 1 aliphatic heterocycles. The molecular formula is C29H29N5O2S. The van der Waals surface area contributed by atoms with E-state index in [1.807, 2.05) is 67.7 Å². The van der Waals surface area contributed by atoms with E-state index in [0.29, 0.717) is 24.3 Å². The molecule has 0 unspecified atom stereocenters. The van der Waals surface area contributed by atoms with Crippen molar-refractivity contribution in [3.63, 3.8) is 0 Å². The summed E-state index contributed by atoms with van der Waals surface area (Å²) in [5, 5.41) is 14.4. The molecule has 2 N–H and O–H groups in total. The van der Waals surface area contributed by atoms with Crippen LogP contribution in [0.15, 0.2) is 54.9 Å². The van der Waals surface area contributed by atoms with Crippen LogP contribution < -0.4 is 5.32 Å². The van der Waals surface area contributed by atoms with Crippen LogP contribution in [0.1, 0.15) is 46.4 Å². The Morgan fingerprint density at radius 2 is 1.95 bits per heavy atom. The molecule has 0 aliphatic carbocycles. The molecule has 1 fully saturated rings. The van der Waals surface area contributed by atoms with E-state index >= 15 is 0 Å². The molecule has 0 atom stereocenters. The number of nitriles is 1. The zero-order valence-corrected chi connectivity index (χ0v) is 21.8. The monoisotopic (exact) mass is 511 g/mol. The van der Waals surface area contributed by atoms with Gasteiger partial charge in [-0.15, -0.1) is 0 Å². The van der Waals surface area contributed by atoms with E-state index < -0.39 is 10.0 Å². The third-order valence-corrected chi connectivity index (χ3v) is 8.75. The van der Waals surface area contributed by atoms with Gasteiger partial charge in [-0.05, 0) is 61.6 Å². The molecule has 0 radical (unpaired) electrons. The Kier molecular flexibility index (Phi) is 6.83. The van der Waals surface area contributed by atoms with Crippen LogP contribution >= 0.6 is 0 Å². The lowest BCUT2D eigenvalue weighted by Crippen LogP contribution is -2.29. The predicted molar refractivity (Wildman–Crippen MR) is 149 cm³/mol. The number of benzene rings is 2. The second-order valence-electron chi connectivity index (χ2n) is 9.40. The molecule has 8 heteroatoms. The summed E-state index contributed by atoms with van der Waals surface area (Å²) in [5.41, 5.74) is 7.42. The van der Waals surface area contributed by atoms with Crippen LogP contribution in [-0.4, -0.2) is 35.8 Å². The molecule has 3 heterocycles. The first-order chi connectivity index (χ1) is 17.9. The number of aryl methyl sites for hydroxylation is 2. The van der Waals surface area contributed by atoms with Crippen LogP contribution in [0.3, 0.4) is 0 Å². The average Bonchev–Trinajstić information content (AvgIpc) is 3.59. The van der Waals surface area contributed by atoms with Crippen molar-refractivity contribution in [2.75, 3.05) is 18.4 Å². The smallest absolute Gasteiger partial charge is 0.218 e. The fourth-order valence-electron chi connectivity index (χ4n) is 4.83. The van der Waals surface area contributed by atoms with Crippen molar-refractivity contribution in [3.8, 4) is 6.07 Å². The van der Waals surface area contributed by atoms with Crippen molar-refractivity contribution in [1.82, 2.24) is 14.3 Å². The third kappa shape index (κ3) is 5.15. The number of hydrogen-bond donors (Lipinski definition) is 2. The van der Waals surface area contributed by atoms with Gasteiger partial charge < -0.3 is 10.3 Å². The fourth-order valence-corrected chi connectivity index (χ4v) is 6.43. The lowest BCUT2D eigenvalue weighted by atomic mass is 10.0. The normalized spacial score (nSPS) is 14.4. The minimum Gasteiger partial charge on any atom is -0.361 e. The SMILES string of the molecule is Cc1ncc(C#N)c(Nc2ccc3[nH]ccc3c2C)c1/C=C/c1cccc(CS(=O)(=O)N2CCCC2)c1. The summed E-state index contributed by atoms with van der Waals surface area (Å²) in [6.45, 7) is 5.18. The molecule has 4 aromatic rings. The fraction of sp³-hybridized carbons (Fsp3) is 0.241. The van der Waals surface area contributed by atoms with Crippen LogP contribution in [0, 0.1) is 25.2 Å². The Bertz CT molecular complexity index is 1640. The van der Waals surface area contributed by atoms with Crippen LogP contribution in [-0.2, 0) is 15.8 Å². The molecule has 5 rings (SSSR count). The number of fused-ring (bicyclic) bond motifs is 1.